The molecule has 11 heteroatoms. The lowest BCUT2D eigenvalue weighted by Gasteiger charge is -2.29. The molecule has 236 valence electrons. The summed E-state index contributed by atoms with van der Waals surface area (Å²) in [6, 6.07) is 20.1. The number of hydrogen-bond acceptors (Lipinski definition) is 9. The lowest BCUT2D eigenvalue weighted by atomic mass is 9.90. The number of carbonyl (C=O) groups excluding carboxylic acids is 3. The van der Waals surface area contributed by atoms with E-state index in [-0.39, 0.29) is 26.2 Å². The molecule has 44 heavy (non-hydrogen) atoms. The van der Waals surface area contributed by atoms with Gasteiger partial charge in [-0.25, -0.2) is 9.69 Å². The maximum Gasteiger partial charge on any atom is 0.416 e. The number of esters is 1. The first kappa shape index (κ1) is 33.4. The van der Waals surface area contributed by atoms with Gasteiger partial charge in [-0.3, -0.25) is 9.59 Å². The molecular formula is C33H38BrNO9. The average molecular weight is 673 g/mol. The van der Waals surface area contributed by atoms with E-state index in [0.29, 0.717) is 55.1 Å². The number of amides is 2. The number of benzene rings is 2. The van der Waals surface area contributed by atoms with Gasteiger partial charge in [0, 0.05) is 20.0 Å². The second kappa shape index (κ2) is 17.1. The summed E-state index contributed by atoms with van der Waals surface area (Å²) in [7, 11) is 0. The van der Waals surface area contributed by atoms with Gasteiger partial charge in [0.2, 0.25) is 5.91 Å². The van der Waals surface area contributed by atoms with Crippen LogP contribution in [0.3, 0.4) is 0 Å². The van der Waals surface area contributed by atoms with Crippen LogP contribution in [0.1, 0.15) is 42.1 Å². The highest BCUT2D eigenvalue weighted by Gasteiger charge is 2.45. The Bertz CT molecular complexity index is 1350. The number of aliphatic hydroxyl groups is 1. The fourth-order valence-corrected chi connectivity index (χ4v) is 5.62. The first-order valence-corrected chi connectivity index (χ1v) is 15.5. The Kier molecular flexibility index (Phi) is 13.0. The number of hydrogen-bond donors (Lipinski definition) is 1. The van der Waals surface area contributed by atoms with Crippen molar-refractivity contribution in [2.75, 3.05) is 39.6 Å². The van der Waals surface area contributed by atoms with Gasteiger partial charge >= 0.3 is 12.1 Å². The van der Waals surface area contributed by atoms with Crippen molar-refractivity contribution in [3.05, 3.63) is 93.9 Å². The number of nitrogens with zero attached hydrogens (tertiary/aromatic N) is 1. The molecule has 2 aromatic carbocycles. The minimum Gasteiger partial charge on any atom is -0.461 e. The molecule has 0 aliphatic carbocycles. The summed E-state index contributed by atoms with van der Waals surface area (Å²) in [5.74, 6) is -1.16. The van der Waals surface area contributed by atoms with Crippen molar-refractivity contribution in [2.24, 2.45) is 5.92 Å². The number of halogens is 1. The van der Waals surface area contributed by atoms with Gasteiger partial charge in [0.25, 0.3) is 0 Å². The van der Waals surface area contributed by atoms with Crippen molar-refractivity contribution in [1.82, 2.24) is 4.90 Å². The second-order valence-corrected chi connectivity index (χ2v) is 11.3. The highest BCUT2D eigenvalue weighted by Crippen LogP contribution is 2.37. The summed E-state index contributed by atoms with van der Waals surface area (Å²) in [6.45, 7) is 2.86. The van der Waals surface area contributed by atoms with E-state index in [4.69, 9.17) is 28.5 Å². The van der Waals surface area contributed by atoms with E-state index in [2.05, 4.69) is 15.9 Å². The van der Waals surface area contributed by atoms with E-state index in [1.807, 2.05) is 60.7 Å². The fourth-order valence-electron chi connectivity index (χ4n) is 5.11. The maximum atomic E-state index is 14.3. The summed E-state index contributed by atoms with van der Waals surface area (Å²) in [6.07, 6.45) is -0.0222. The Morgan fingerprint density at radius 3 is 2.32 bits per heavy atom. The molecule has 2 amide bonds. The van der Waals surface area contributed by atoms with E-state index >= 15 is 0 Å². The van der Waals surface area contributed by atoms with E-state index in [1.165, 1.54) is 6.92 Å². The molecule has 0 spiro atoms. The zero-order valence-corrected chi connectivity index (χ0v) is 26.3. The molecular weight excluding hydrogens is 634 g/mol. The fraction of sp³-hybridized carbons (Fsp3) is 0.424. The molecule has 2 heterocycles. The third-order valence-electron chi connectivity index (χ3n) is 7.14. The van der Waals surface area contributed by atoms with Crippen LogP contribution in [-0.4, -0.2) is 73.7 Å². The second-order valence-electron chi connectivity index (χ2n) is 10.4. The van der Waals surface area contributed by atoms with Crippen LogP contribution in [0.4, 0.5) is 4.79 Å². The van der Waals surface area contributed by atoms with Crippen molar-refractivity contribution in [1.29, 1.82) is 0 Å². The molecule has 0 radical (unpaired) electrons. The van der Waals surface area contributed by atoms with Crippen LogP contribution in [-0.2, 0) is 47.8 Å². The van der Waals surface area contributed by atoms with Crippen LogP contribution in [0, 0.1) is 5.92 Å². The zero-order chi connectivity index (χ0) is 31.3. The third kappa shape index (κ3) is 9.49. The summed E-state index contributed by atoms with van der Waals surface area (Å²) >= 11 is 3.55. The summed E-state index contributed by atoms with van der Waals surface area (Å²) in [5.41, 5.74) is 1.80. The monoisotopic (exact) mass is 671 g/mol. The number of carbonyl (C=O) groups is 3. The molecule has 3 aromatic rings. The molecule has 1 N–H and O–H groups in total. The van der Waals surface area contributed by atoms with Crippen LogP contribution < -0.4 is 0 Å². The first-order valence-electron chi connectivity index (χ1n) is 14.7. The molecule has 1 saturated heterocycles. The number of ether oxygens (including phenoxy) is 4. The lowest BCUT2D eigenvalue weighted by Crippen LogP contribution is -2.46. The maximum absolute atomic E-state index is 14.3. The zero-order valence-electron chi connectivity index (χ0n) is 24.7. The standard InChI is InChI=1S/C33H38BrNO9/c1-23(37)43-31(30-21-28(34)29(44-30)13-8-15-40-17-18-41-16-14-36)27(20-25-11-6-3-7-12-25)32(38)35-26(22-42-33(35)39)19-24-9-4-2-5-10-24/h2-7,9-12,21,26-27,31,36H,8,13-20,22H2,1H3/t26-,27-,31-/m1/s1. The number of imide groups is 1. The number of furan rings is 1. The first-order chi connectivity index (χ1) is 21.4. The molecule has 4 rings (SSSR count). The molecule has 1 fully saturated rings. The highest BCUT2D eigenvalue weighted by atomic mass is 79.9. The average Bonchev–Trinajstić information content (AvgIpc) is 3.57. The summed E-state index contributed by atoms with van der Waals surface area (Å²) in [5, 5.41) is 8.77. The van der Waals surface area contributed by atoms with Gasteiger partial charge in [-0.05, 0) is 52.4 Å². The van der Waals surface area contributed by atoms with Gasteiger partial charge in [-0.1, -0.05) is 60.7 Å². The minimum atomic E-state index is -1.10. The molecule has 0 unspecified atom stereocenters. The predicted octanol–water partition coefficient (Wildman–Crippen LogP) is 5.05. The van der Waals surface area contributed by atoms with E-state index in [9.17, 15) is 14.4 Å². The number of aryl methyl sites for hydroxylation is 1. The molecule has 1 aromatic heterocycles. The van der Waals surface area contributed by atoms with E-state index in [0.717, 1.165) is 16.0 Å². The largest absolute Gasteiger partial charge is 0.461 e. The van der Waals surface area contributed by atoms with Gasteiger partial charge in [0.1, 0.15) is 18.1 Å². The molecule has 1 aliphatic rings. The van der Waals surface area contributed by atoms with Crippen molar-refractivity contribution >= 4 is 33.9 Å². The Morgan fingerprint density at radius 1 is 1.00 bits per heavy atom. The normalized spacial score (nSPS) is 16.0. The van der Waals surface area contributed by atoms with Crippen molar-refractivity contribution in [2.45, 2.75) is 44.8 Å². The third-order valence-corrected chi connectivity index (χ3v) is 7.81. The smallest absolute Gasteiger partial charge is 0.416 e. The number of rotatable bonds is 17. The highest BCUT2D eigenvalue weighted by molar-refractivity contribution is 9.10. The summed E-state index contributed by atoms with van der Waals surface area (Å²) < 4.78 is 28.8. The van der Waals surface area contributed by atoms with Crippen LogP contribution in [0.5, 0.6) is 0 Å². The van der Waals surface area contributed by atoms with Crippen LogP contribution >= 0.6 is 15.9 Å². The molecule has 10 nitrogen and oxygen atoms in total. The molecule has 1 aliphatic heterocycles. The van der Waals surface area contributed by atoms with Gasteiger partial charge in [0.15, 0.2) is 6.10 Å². The van der Waals surface area contributed by atoms with Crippen LogP contribution in [0.15, 0.2) is 75.6 Å². The number of aliphatic hydroxyl groups excluding tert-OH is 1. The van der Waals surface area contributed by atoms with Gasteiger partial charge in [0.05, 0.1) is 42.9 Å². The SMILES string of the molecule is CC(=O)O[C@@H](c1cc(Br)c(CCCOCCOCCO)o1)[C@@H](Cc1ccccc1)C(=O)N1C(=O)OC[C@H]1Cc1ccccc1. The molecule has 0 saturated carbocycles. The molecule has 0 bridgehead atoms. The Balaban J connectivity index is 1.56. The van der Waals surface area contributed by atoms with Crippen molar-refractivity contribution in [3.8, 4) is 0 Å². The van der Waals surface area contributed by atoms with E-state index < -0.39 is 36.0 Å². The van der Waals surface area contributed by atoms with Crippen molar-refractivity contribution in [3.63, 3.8) is 0 Å². The van der Waals surface area contributed by atoms with Gasteiger partial charge in [-0.2, -0.15) is 0 Å². The summed E-state index contributed by atoms with van der Waals surface area (Å²) in [4.78, 5) is 40.9. The molecule has 3 atom stereocenters. The van der Waals surface area contributed by atoms with Gasteiger partial charge in [-0.15, -0.1) is 0 Å². The van der Waals surface area contributed by atoms with Crippen molar-refractivity contribution < 1.29 is 42.9 Å². The Labute approximate surface area is 265 Å². The van der Waals surface area contributed by atoms with E-state index in [1.54, 1.807) is 6.07 Å². The lowest BCUT2D eigenvalue weighted by molar-refractivity contribution is -0.155. The quantitative estimate of drug-likeness (QED) is 0.155. The van der Waals surface area contributed by atoms with Gasteiger partial charge < -0.3 is 28.5 Å². The Hall–Kier alpha value is -3.51. The minimum absolute atomic E-state index is 0.0304. The van der Waals surface area contributed by atoms with Crippen LogP contribution in [0.25, 0.3) is 0 Å². The number of cyclic esters (lactones) is 1. The Morgan fingerprint density at radius 2 is 1.66 bits per heavy atom. The van der Waals surface area contributed by atoms with Crippen LogP contribution in [0.2, 0.25) is 0 Å². The topological polar surface area (TPSA) is 125 Å². The predicted molar refractivity (Wildman–Crippen MR) is 164 cm³/mol.